The third-order valence-electron chi connectivity index (χ3n) is 0.975. The van der Waals surface area contributed by atoms with Gasteiger partial charge in [-0.1, -0.05) is 0 Å². The Hall–Kier alpha value is 5.01. The molecule has 0 aromatic heterocycles. The molecule has 0 atom stereocenters. The summed E-state index contributed by atoms with van der Waals surface area (Å²) in [5, 5.41) is 0. The number of ether oxygens (including phenoxy) is 1. The van der Waals surface area contributed by atoms with Gasteiger partial charge in [0.1, 0.15) is 0 Å². The van der Waals surface area contributed by atoms with Crippen LogP contribution < -0.4 is 0 Å². The second-order valence-electron chi connectivity index (χ2n) is 1.69. The fourth-order valence-electron chi connectivity index (χ4n) is 0.511. The van der Waals surface area contributed by atoms with Crippen molar-refractivity contribution in [1.29, 1.82) is 0 Å². The van der Waals surface area contributed by atoms with Gasteiger partial charge in [0, 0.05) is 0 Å². The van der Waals surface area contributed by atoms with Crippen LogP contribution in [0.2, 0.25) is 0 Å². The number of hydrogen-bond donors (Lipinski definition) is 0. The van der Waals surface area contributed by atoms with Gasteiger partial charge in [-0.15, -0.1) is 0 Å². The maximum absolute atomic E-state index is 11.2. The van der Waals surface area contributed by atoms with Crippen LogP contribution in [0.25, 0.3) is 0 Å². The molecule has 0 spiro atoms. The fourth-order valence-corrected chi connectivity index (χ4v) is 1.92. The van der Waals surface area contributed by atoms with Gasteiger partial charge in [-0.3, -0.25) is 0 Å². The molecule has 0 N–H and O–H groups in total. The molecule has 2 nitrogen and oxygen atoms in total. The molecule has 0 aromatic carbocycles. The molecule has 0 saturated carbocycles. The number of carbonyl (C=O) groups is 1. The minimum atomic E-state index is 0. The predicted molar refractivity (Wildman–Crippen MR) is 35.6 cm³/mol. The van der Waals surface area contributed by atoms with Crippen LogP contribution in [-0.2, 0) is 165 Å². The first kappa shape index (κ1) is 30.8. The number of rotatable bonds is 1. The predicted octanol–water partition coefficient (Wildman–Crippen LogP) is -0.473. The molecule has 0 aromatic rings. The molecule has 0 unspecified atom stereocenters. The van der Waals surface area contributed by atoms with Crippen LogP contribution in [-0.4, -0.2) is 18.2 Å². The van der Waals surface area contributed by atoms with E-state index in [-0.39, 0.29) is 13.2 Å². The first-order valence-electron chi connectivity index (χ1n) is 3.05. The van der Waals surface area contributed by atoms with E-state index >= 15 is 0 Å². The van der Waals surface area contributed by atoms with Gasteiger partial charge < -0.3 is 7.43 Å². The number of allylic oxidation sites excluding steroid dienone is 2. The Morgan fingerprint density at radius 3 is 1.67 bits per heavy atom. The van der Waals surface area contributed by atoms with E-state index < -0.39 is 0 Å². The Labute approximate surface area is 197 Å². The number of hydrogen-bond acceptors (Lipinski definition) is 2. The Morgan fingerprint density at radius 2 is 1.39 bits per heavy atom. The molecule has 11 heteroatoms. The van der Waals surface area contributed by atoms with E-state index in [1.807, 2.05) is 0 Å². The van der Waals surface area contributed by atoms with Gasteiger partial charge in [-0.25, -0.2) is 0 Å². The van der Waals surface area contributed by atoms with E-state index in [9.17, 15) is 4.79 Å². The molecule has 0 bridgehead atoms. The van der Waals surface area contributed by atoms with Crippen molar-refractivity contribution in [3.05, 3.63) is 19.3 Å². The number of carbonyl (C=O) groups excluding carboxylic acids is 1. The fraction of sp³-hybridized carbons (Fsp3) is 0. The second-order valence-corrected chi connectivity index (χ2v) is 5.23. The van der Waals surface area contributed by atoms with Crippen LogP contribution in [0.3, 0.4) is 0 Å². The van der Waals surface area contributed by atoms with Crippen molar-refractivity contribution in [1.82, 2.24) is 0 Å². The van der Waals surface area contributed by atoms with Crippen LogP contribution in [0.5, 0.6) is 0 Å². The normalized spacial score (nSPS) is 11.3. The summed E-state index contributed by atoms with van der Waals surface area (Å²) in [5.41, 5.74) is 0. The SMILES string of the molecule is O=C1C=C([C-]=[W])O[C](=[W])[C]1=[W].[CH3-].[W]=[W].[W]=[W].[W]=[W]. The third kappa shape index (κ3) is 15.9. The van der Waals surface area contributed by atoms with Crippen molar-refractivity contribution in [3.8, 4) is 0 Å². The molecule has 100 valence electrons. The Morgan fingerprint density at radius 1 is 1.00 bits per heavy atom. The average molecular weight is 1770 g/mol. The quantitative estimate of drug-likeness (QED) is 0.333. The molecule has 1 aliphatic heterocycles. The van der Waals surface area contributed by atoms with Crippen molar-refractivity contribution >= 4 is 18.2 Å². The van der Waals surface area contributed by atoms with Gasteiger partial charge in [0.05, 0.1) is 0 Å². The van der Waals surface area contributed by atoms with E-state index in [0.717, 1.165) is 7.98 Å². The molecule has 0 saturated heterocycles. The Bertz CT molecular complexity index is 333. The van der Waals surface area contributed by atoms with E-state index in [1.54, 1.807) is 97.3 Å². The van der Waals surface area contributed by atoms with Crippen molar-refractivity contribution in [3.63, 3.8) is 0 Å². The summed E-state index contributed by atoms with van der Waals surface area (Å²) >= 11 is 13.6. The molecule has 18 heavy (non-hydrogen) atoms. The third-order valence-corrected chi connectivity index (χ3v) is 6.14. The van der Waals surface area contributed by atoms with Gasteiger partial charge in [0.25, 0.3) is 0 Å². The topological polar surface area (TPSA) is 26.3 Å². The van der Waals surface area contributed by atoms with Crippen LogP contribution >= 0.6 is 0 Å². The molecule has 0 amide bonds. The Balaban J connectivity index is -0.000000123. The zero-order chi connectivity index (χ0) is 14.4. The van der Waals surface area contributed by atoms with Crippen LogP contribution in [0.4, 0.5) is 0 Å². The van der Waals surface area contributed by atoms with Gasteiger partial charge in [-0.05, 0) is 0 Å². The zero-order valence-electron chi connectivity index (χ0n) is 8.57. The van der Waals surface area contributed by atoms with E-state index in [4.69, 9.17) is 4.74 Å². The van der Waals surface area contributed by atoms with Crippen molar-refractivity contribution in [2.45, 2.75) is 0 Å². The van der Waals surface area contributed by atoms with Crippen LogP contribution in [0, 0.1) is 7.43 Å². The van der Waals surface area contributed by atoms with Gasteiger partial charge in [-0.2, -0.15) is 0 Å². The standard InChI is InChI=1S/C6HO2.CH3.9W/c1-5-4-6(7)2-3-8-5;;;;;;;;;;/h4H;1H3;;;;;;;;;/q2*-1;;;;;;;;;. The molecule has 1 rings (SSSR count). The minimum absolute atomic E-state index is 0. The first-order valence-corrected chi connectivity index (χ1v) is 40.5. The summed E-state index contributed by atoms with van der Waals surface area (Å²) < 4.78 is 9.78. The van der Waals surface area contributed by atoms with Gasteiger partial charge in [0.15, 0.2) is 0 Å². The molecule has 1 heterocycles. The molecule has 0 fully saturated rings. The van der Waals surface area contributed by atoms with Crippen molar-refractivity contribution in [2.75, 3.05) is 0 Å². The summed E-state index contributed by atoms with van der Waals surface area (Å²) in [5.74, 6) is 0.667. The molecule has 0 aliphatic carbocycles. The summed E-state index contributed by atoms with van der Waals surface area (Å²) in [6, 6.07) is 0. The summed E-state index contributed by atoms with van der Waals surface area (Å²) in [4.78, 5) is 11.2. The van der Waals surface area contributed by atoms with Crippen LogP contribution in [0.15, 0.2) is 11.8 Å². The monoisotopic (exact) mass is 1780 g/mol. The van der Waals surface area contributed by atoms with Gasteiger partial charge >= 0.3 is 195 Å². The van der Waals surface area contributed by atoms with E-state index in [0.29, 0.717) is 5.76 Å². The van der Waals surface area contributed by atoms with Crippen molar-refractivity contribution < 1.29 is 165 Å². The maximum atomic E-state index is 11.2. The van der Waals surface area contributed by atoms with Gasteiger partial charge in [0.2, 0.25) is 0 Å². The molecule has 1 aliphatic rings. The molecule has 0 radical (unpaired) electrons. The molecular weight excluding hydrogens is 1770 g/mol. The van der Waals surface area contributed by atoms with Crippen LogP contribution in [0.1, 0.15) is 0 Å². The summed E-state index contributed by atoms with van der Waals surface area (Å²) in [6.45, 7) is 0. The summed E-state index contributed by atoms with van der Waals surface area (Å²) in [7, 11) is 0. The molecular formula is C7H4O2W9-2. The first-order chi connectivity index (χ1) is 8.15. The average Bonchev–Trinajstić information content (AvgIpc) is 2.42. The number of ketones is 1. The summed E-state index contributed by atoms with van der Waals surface area (Å²) in [6.07, 6.45) is 1.50. The second kappa shape index (κ2) is 24.3. The van der Waals surface area contributed by atoms with Crippen molar-refractivity contribution in [2.24, 2.45) is 0 Å². The van der Waals surface area contributed by atoms with E-state index in [1.165, 1.54) is 64.1 Å². The Kier molecular flexibility index (Phi) is 41.6. The zero-order valence-corrected chi connectivity index (χ0v) is 35.0. The van der Waals surface area contributed by atoms with E-state index in [2.05, 4.69) is 4.40 Å².